The first kappa shape index (κ1) is 9.71. The quantitative estimate of drug-likeness (QED) is 0.657. The van der Waals surface area contributed by atoms with Crippen molar-refractivity contribution in [2.75, 3.05) is 0 Å². The fourth-order valence-electron chi connectivity index (χ4n) is 1.31. The fourth-order valence-corrected chi connectivity index (χ4v) is 1.31. The summed E-state index contributed by atoms with van der Waals surface area (Å²) < 4.78 is 39.5. The van der Waals surface area contributed by atoms with Crippen LogP contribution < -0.4 is 0 Å². The zero-order valence-electron chi connectivity index (χ0n) is 7.55. The highest BCUT2D eigenvalue weighted by atomic mass is 19.2. The van der Waals surface area contributed by atoms with Gasteiger partial charge < -0.3 is 0 Å². The normalized spacial score (nSPS) is 10.3. The van der Waals surface area contributed by atoms with Gasteiger partial charge in [0, 0.05) is 12.4 Å². The van der Waals surface area contributed by atoms with E-state index in [2.05, 4.69) is 4.98 Å². The van der Waals surface area contributed by atoms with Crippen LogP contribution in [0, 0.1) is 17.5 Å². The van der Waals surface area contributed by atoms with Crippen molar-refractivity contribution < 1.29 is 13.2 Å². The number of nitrogens with zero attached hydrogens (tertiary/aromatic N) is 1. The average Bonchev–Trinajstić information content (AvgIpc) is 2.26. The lowest BCUT2D eigenvalue weighted by Gasteiger charge is -2.04. The van der Waals surface area contributed by atoms with Crippen LogP contribution in [0.1, 0.15) is 0 Å². The molecule has 0 aliphatic carbocycles. The maximum absolute atomic E-state index is 13.3. The SMILES string of the molecule is Fc1ccc(F)c(-c2ccncc2)c1F. The molecule has 0 saturated heterocycles. The molecule has 0 radical (unpaired) electrons. The Labute approximate surface area is 84.2 Å². The molecule has 15 heavy (non-hydrogen) atoms. The van der Waals surface area contributed by atoms with Crippen molar-refractivity contribution in [1.82, 2.24) is 4.98 Å². The molecule has 76 valence electrons. The van der Waals surface area contributed by atoms with Crippen molar-refractivity contribution in [3.8, 4) is 11.1 Å². The molecule has 2 aromatic rings. The summed E-state index contributed by atoms with van der Waals surface area (Å²) >= 11 is 0. The standard InChI is InChI=1S/C11H6F3N/c12-8-1-2-9(13)11(14)10(8)7-3-5-15-6-4-7/h1-6H. The predicted molar refractivity (Wildman–Crippen MR) is 49.5 cm³/mol. The molecule has 0 amide bonds. The summed E-state index contributed by atoms with van der Waals surface area (Å²) in [5, 5.41) is 0. The van der Waals surface area contributed by atoms with E-state index in [0.717, 1.165) is 12.1 Å². The molecule has 0 bridgehead atoms. The molecule has 0 fully saturated rings. The molecule has 1 heterocycles. The molecule has 0 N–H and O–H groups in total. The van der Waals surface area contributed by atoms with Crippen LogP contribution in [0.4, 0.5) is 13.2 Å². The molecular weight excluding hydrogens is 203 g/mol. The molecule has 2 rings (SSSR count). The highest BCUT2D eigenvalue weighted by molar-refractivity contribution is 5.64. The number of pyridine rings is 1. The second-order valence-electron chi connectivity index (χ2n) is 2.95. The second-order valence-corrected chi connectivity index (χ2v) is 2.95. The topological polar surface area (TPSA) is 12.9 Å². The smallest absolute Gasteiger partial charge is 0.169 e. The zero-order valence-corrected chi connectivity index (χ0v) is 7.55. The van der Waals surface area contributed by atoms with Gasteiger partial charge in [-0.05, 0) is 29.8 Å². The van der Waals surface area contributed by atoms with Crippen LogP contribution in [0.25, 0.3) is 11.1 Å². The fraction of sp³-hybridized carbons (Fsp3) is 0. The first-order valence-corrected chi connectivity index (χ1v) is 4.24. The van der Waals surface area contributed by atoms with Gasteiger partial charge in [-0.1, -0.05) is 0 Å². The molecule has 0 spiro atoms. The monoisotopic (exact) mass is 209 g/mol. The van der Waals surface area contributed by atoms with Gasteiger partial charge in [-0.15, -0.1) is 0 Å². The number of hydrogen-bond acceptors (Lipinski definition) is 1. The van der Waals surface area contributed by atoms with Crippen LogP contribution in [-0.2, 0) is 0 Å². The predicted octanol–water partition coefficient (Wildman–Crippen LogP) is 3.17. The Balaban J connectivity index is 2.68. The maximum Gasteiger partial charge on any atom is 0.169 e. The number of aromatic nitrogens is 1. The molecule has 0 aliphatic heterocycles. The van der Waals surface area contributed by atoms with Crippen molar-refractivity contribution in [2.24, 2.45) is 0 Å². The van der Waals surface area contributed by atoms with E-state index >= 15 is 0 Å². The number of hydrogen-bond donors (Lipinski definition) is 0. The lowest BCUT2D eigenvalue weighted by molar-refractivity contribution is 0.499. The minimum atomic E-state index is -1.18. The summed E-state index contributed by atoms with van der Waals surface area (Å²) in [6.45, 7) is 0. The van der Waals surface area contributed by atoms with Gasteiger partial charge in [0.15, 0.2) is 11.6 Å². The summed E-state index contributed by atoms with van der Waals surface area (Å²) in [7, 11) is 0. The van der Waals surface area contributed by atoms with Crippen LogP contribution >= 0.6 is 0 Å². The van der Waals surface area contributed by atoms with Crippen LogP contribution in [0.5, 0.6) is 0 Å². The Bertz CT molecular complexity index is 483. The molecule has 4 heteroatoms. The number of halogens is 3. The van der Waals surface area contributed by atoms with E-state index in [0.29, 0.717) is 0 Å². The molecule has 0 atom stereocenters. The van der Waals surface area contributed by atoms with Gasteiger partial charge in [-0.3, -0.25) is 4.98 Å². The van der Waals surface area contributed by atoms with Crippen molar-refractivity contribution in [3.05, 3.63) is 54.1 Å². The highest BCUT2D eigenvalue weighted by Crippen LogP contribution is 2.26. The first-order valence-electron chi connectivity index (χ1n) is 4.24. The third-order valence-corrected chi connectivity index (χ3v) is 2.01. The Morgan fingerprint density at radius 3 is 2.07 bits per heavy atom. The van der Waals surface area contributed by atoms with Crippen LogP contribution in [0.2, 0.25) is 0 Å². The molecule has 1 aromatic heterocycles. The summed E-state index contributed by atoms with van der Waals surface area (Å²) in [6, 6.07) is 4.49. The van der Waals surface area contributed by atoms with Crippen LogP contribution in [0.3, 0.4) is 0 Å². The minimum Gasteiger partial charge on any atom is -0.265 e. The van der Waals surface area contributed by atoms with Crippen molar-refractivity contribution in [1.29, 1.82) is 0 Å². The molecular formula is C11H6F3N. The molecule has 1 aromatic carbocycles. The van der Waals surface area contributed by atoms with E-state index in [1.807, 2.05) is 0 Å². The third-order valence-electron chi connectivity index (χ3n) is 2.01. The molecule has 0 saturated carbocycles. The maximum atomic E-state index is 13.3. The summed E-state index contributed by atoms with van der Waals surface area (Å²) in [6.07, 6.45) is 2.78. The Morgan fingerprint density at radius 2 is 1.40 bits per heavy atom. The van der Waals surface area contributed by atoms with E-state index in [4.69, 9.17) is 0 Å². The molecule has 0 unspecified atom stereocenters. The van der Waals surface area contributed by atoms with Crippen molar-refractivity contribution in [2.45, 2.75) is 0 Å². The van der Waals surface area contributed by atoms with Crippen LogP contribution in [-0.4, -0.2) is 4.98 Å². The van der Waals surface area contributed by atoms with E-state index in [1.54, 1.807) is 0 Å². The summed E-state index contributed by atoms with van der Waals surface area (Å²) in [5.41, 5.74) is -0.100. The lowest BCUT2D eigenvalue weighted by atomic mass is 10.1. The van der Waals surface area contributed by atoms with Crippen molar-refractivity contribution in [3.63, 3.8) is 0 Å². The van der Waals surface area contributed by atoms with Gasteiger partial charge in [-0.25, -0.2) is 13.2 Å². The largest absolute Gasteiger partial charge is 0.265 e. The highest BCUT2D eigenvalue weighted by Gasteiger charge is 2.14. The third kappa shape index (κ3) is 1.70. The Morgan fingerprint density at radius 1 is 0.800 bits per heavy atom. The first-order chi connectivity index (χ1) is 7.20. The van der Waals surface area contributed by atoms with Gasteiger partial charge in [0.05, 0.1) is 5.56 Å². The van der Waals surface area contributed by atoms with Crippen LogP contribution in [0.15, 0.2) is 36.7 Å². The van der Waals surface area contributed by atoms with Gasteiger partial charge in [0.25, 0.3) is 0 Å². The van der Waals surface area contributed by atoms with Gasteiger partial charge >= 0.3 is 0 Å². The van der Waals surface area contributed by atoms with Gasteiger partial charge in [0.2, 0.25) is 0 Å². The summed E-state index contributed by atoms with van der Waals surface area (Å²) in [5.74, 6) is -3.04. The number of rotatable bonds is 1. The van der Waals surface area contributed by atoms with E-state index in [9.17, 15) is 13.2 Å². The number of benzene rings is 1. The molecule has 0 aliphatic rings. The minimum absolute atomic E-state index is 0.263. The van der Waals surface area contributed by atoms with Gasteiger partial charge in [-0.2, -0.15) is 0 Å². The Kier molecular flexibility index (Phi) is 2.41. The van der Waals surface area contributed by atoms with Gasteiger partial charge in [0.1, 0.15) is 5.82 Å². The average molecular weight is 209 g/mol. The zero-order chi connectivity index (χ0) is 10.8. The van der Waals surface area contributed by atoms with Crippen molar-refractivity contribution >= 4 is 0 Å². The lowest BCUT2D eigenvalue weighted by Crippen LogP contribution is -1.93. The van der Waals surface area contributed by atoms with E-state index in [-0.39, 0.29) is 11.1 Å². The van der Waals surface area contributed by atoms with E-state index in [1.165, 1.54) is 24.5 Å². The second kappa shape index (κ2) is 3.73. The van der Waals surface area contributed by atoms with E-state index < -0.39 is 17.5 Å². The summed E-state index contributed by atoms with van der Waals surface area (Å²) in [4.78, 5) is 3.71. The Hall–Kier alpha value is -1.84. The molecule has 1 nitrogen and oxygen atoms in total.